The Morgan fingerprint density at radius 3 is 2.65 bits per heavy atom. The Bertz CT molecular complexity index is 607. The summed E-state index contributed by atoms with van der Waals surface area (Å²) in [7, 11) is 3.08. The van der Waals surface area contributed by atoms with Crippen molar-refractivity contribution in [3.05, 3.63) is 46.4 Å². The highest BCUT2D eigenvalue weighted by molar-refractivity contribution is 9.10. The number of aromatic nitrogens is 1. The first-order valence-corrected chi connectivity index (χ1v) is 6.58. The van der Waals surface area contributed by atoms with Crippen LogP contribution in [0.2, 0.25) is 0 Å². The molecule has 2 aromatic rings. The lowest BCUT2D eigenvalue weighted by atomic mass is 10.3. The molecule has 0 saturated carbocycles. The van der Waals surface area contributed by atoms with Crippen molar-refractivity contribution >= 4 is 15.9 Å². The van der Waals surface area contributed by atoms with Gasteiger partial charge in [0.2, 0.25) is 0 Å². The van der Waals surface area contributed by atoms with E-state index in [9.17, 15) is 4.39 Å². The standard InChI is InChI=1S/C14H13BrFNO3/c1-18-13-5-6-17-12(14(13)19-2)8-20-9-3-4-10(15)11(16)7-9/h3-7H,8H2,1-2H3. The lowest BCUT2D eigenvalue weighted by Crippen LogP contribution is -2.03. The van der Waals surface area contributed by atoms with E-state index in [4.69, 9.17) is 14.2 Å². The minimum atomic E-state index is -0.381. The first-order valence-electron chi connectivity index (χ1n) is 5.79. The zero-order chi connectivity index (χ0) is 14.5. The summed E-state index contributed by atoms with van der Waals surface area (Å²) in [5.41, 5.74) is 0.579. The van der Waals surface area contributed by atoms with E-state index >= 15 is 0 Å². The van der Waals surface area contributed by atoms with Crippen LogP contribution in [0.5, 0.6) is 17.2 Å². The second kappa shape index (κ2) is 6.56. The molecule has 0 radical (unpaired) electrons. The van der Waals surface area contributed by atoms with E-state index in [2.05, 4.69) is 20.9 Å². The molecule has 106 valence electrons. The molecule has 20 heavy (non-hydrogen) atoms. The van der Waals surface area contributed by atoms with E-state index in [1.807, 2.05) is 0 Å². The van der Waals surface area contributed by atoms with Gasteiger partial charge in [-0.25, -0.2) is 4.39 Å². The maximum absolute atomic E-state index is 13.4. The Morgan fingerprint density at radius 2 is 2.00 bits per heavy atom. The van der Waals surface area contributed by atoms with Gasteiger partial charge >= 0.3 is 0 Å². The Balaban J connectivity index is 2.16. The van der Waals surface area contributed by atoms with Crippen LogP contribution in [0.4, 0.5) is 4.39 Å². The van der Waals surface area contributed by atoms with Gasteiger partial charge in [-0.2, -0.15) is 0 Å². The third kappa shape index (κ3) is 3.19. The van der Waals surface area contributed by atoms with Crippen molar-refractivity contribution in [2.24, 2.45) is 0 Å². The molecule has 0 saturated heterocycles. The summed E-state index contributed by atoms with van der Waals surface area (Å²) in [5, 5.41) is 0. The lowest BCUT2D eigenvalue weighted by Gasteiger charge is -2.12. The average molecular weight is 342 g/mol. The second-order valence-electron chi connectivity index (χ2n) is 3.86. The highest BCUT2D eigenvalue weighted by Crippen LogP contribution is 2.30. The zero-order valence-electron chi connectivity index (χ0n) is 11.0. The van der Waals surface area contributed by atoms with Gasteiger partial charge in [0.15, 0.2) is 11.5 Å². The maximum atomic E-state index is 13.4. The molecule has 0 aliphatic heterocycles. The monoisotopic (exact) mass is 341 g/mol. The Labute approximate surface area is 124 Å². The smallest absolute Gasteiger partial charge is 0.185 e. The first kappa shape index (κ1) is 14.6. The normalized spacial score (nSPS) is 10.2. The van der Waals surface area contributed by atoms with Crippen molar-refractivity contribution in [2.75, 3.05) is 14.2 Å². The molecule has 0 amide bonds. The van der Waals surface area contributed by atoms with Crippen LogP contribution < -0.4 is 14.2 Å². The van der Waals surface area contributed by atoms with Crippen molar-refractivity contribution in [2.45, 2.75) is 6.61 Å². The summed E-state index contributed by atoms with van der Waals surface area (Å²) in [6.07, 6.45) is 1.60. The molecule has 0 fully saturated rings. The Hall–Kier alpha value is -1.82. The predicted molar refractivity (Wildman–Crippen MR) is 75.8 cm³/mol. The van der Waals surface area contributed by atoms with Gasteiger partial charge in [0, 0.05) is 18.3 Å². The van der Waals surface area contributed by atoms with Gasteiger partial charge in [-0.15, -0.1) is 0 Å². The fraction of sp³-hybridized carbons (Fsp3) is 0.214. The van der Waals surface area contributed by atoms with Crippen molar-refractivity contribution in [1.29, 1.82) is 0 Å². The minimum Gasteiger partial charge on any atom is -0.493 e. The summed E-state index contributed by atoms with van der Waals surface area (Å²) in [4.78, 5) is 4.18. The highest BCUT2D eigenvalue weighted by atomic mass is 79.9. The van der Waals surface area contributed by atoms with Gasteiger partial charge < -0.3 is 14.2 Å². The fourth-order valence-corrected chi connectivity index (χ4v) is 1.92. The summed E-state index contributed by atoms with van der Waals surface area (Å²) in [5.74, 6) is 1.11. The third-order valence-corrected chi connectivity index (χ3v) is 3.28. The summed E-state index contributed by atoms with van der Waals surface area (Å²) in [6, 6.07) is 6.25. The number of benzene rings is 1. The molecule has 0 N–H and O–H groups in total. The predicted octanol–water partition coefficient (Wildman–Crippen LogP) is 3.58. The van der Waals surface area contributed by atoms with Crippen molar-refractivity contribution in [3.63, 3.8) is 0 Å². The molecule has 1 aromatic heterocycles. The molecule has 0 aliphatic carbocycles. The van der Waals surface area contributed by atoms with E-state index in [0.29, 0.717) is 27.4 Å². The van der Waals surface area contributed by atoms with Gasteiger partial charge in [-0.1, -0.05) is 0 Å². The number of nitrogens with zero attached hydrogens (tertiary/aromatic N) is 1. The van der Waals surface area contributed by atoms with Gasteiger partial charge in [0.1, 0.15) is 23.9 Å². The summed E-state index contributed by atoms with van der Waals surface area (Å²) < 4.78 is 29.7. The fourth-order valence-electron chi connectivity index (χ4n) is 1.67. The number of rotatable bonds is 5. The number of methoxy groups -OCH3 is 2. The largest absolute Gasteiger partial charge is 0.493 e. The van der Waals surface area contributed by atoms with Gasteiger partial charge in [0.05, 0.1) is 18.7 Å². The van der Waals surface area contributed by atoms with Crippen LogP contribution in [0, 0.1) is 5.82 Å². The van der Waals surface area contributed by atoms with E-state index in [1.165, 1.54) is 13.2 Å². The summed E-state index contributed by atoms with van der Waals surface area (Å²) in [6.45, 7) is 0.154. The number of pyridine rings is 1. The number of hydrogen-bond acceptors (Lipinski definition) is 4. The summed E-state index contributed by atoms with van der Waals surface area (Å²) >= 11 is 3.09. The molecule has 0 spiro atoms. The van der Waals surface area contributed by atoms with Crippen LogP contribution in [0.3, 0.4) is 0 Å². The van der Waals surface area contributed by atoms with Crippen LogP contribution in [-0.4, -0.2) is 19.2 Å². The number of halogens is 2. The molecular weight excluding hydrogens is 329 g/mol. The first-order chi connectivity index (χ1) is 9.65. The average Bonchev–Trinajstić information content (AvgIpc) is 2.47. The molecule has 1 aromatic carbocycles. The Morgan fingerprint density at radius 1 is 1.20 bits per heavy atom. The van der Waals surface area contributed by atoms with Crippen LogP contribution in [-0.2, 0) is 6.61 Å². The van der Waals surface area contributed by atoms with Gasteiger partial charge in [-0.05, 0) is 28.1 Å². The zero-order valence-corrected chi connectivity index (χ0v) is 12.6. The number of hydrogen-bond donors (Lipinski definition) is 0. The second-order valence-corrected chi connectivity index (χ2v) is 4.71. The molecule has 0 aliphatic rings. The highest BCUT2D eigenvalue weighted by Gasteiger charge is 2.12. The van der Waals surface area contributed by atoms with E-state index < -0.39 is 0 Å². The maximum Gasteiger partial charge on any atom is 0.185 e. The molecule has 0 bridgehead atoms. The molecule has 4 nitrogen and oxygen atoms in total. The van der Waals surface area contributed by atoms with Crippen LogP contribution in [0.15, 0.2) is 34.9 Å². The lowest BCUT2D eigenvalue weighted by molar-refractivity contribution is 0.283. The van der Waals surface area contributed by atoms with E-state index in [-0.39, 0.29) is 12.4 Å². The third-order valence-electron chi connectivity index (χ3n) is 2.63. The topological polar surface area (TPSA) is 40.6 Å². The van der Waals surface area contributed by atoms with E-state index in [0.717, 1.165) is 0 Å². The molecule has 0 unspecified atom stereocenters. The molecule has 1 heterocycles. The van der Waals surface area contributed by atoms with Crippen molar-refractivity contribution in [3.8, 4) is 17.2 Å². The molecular formula is C14H13BrFNO3. The van der Waals surface area contributed by atoms with Crippen LogP contribution in [0.25, 0.3) is 0 Å². The van der Waals surface area contributed by atoms with Gasteiger partial charge in [-0.3, -0.25) is 4.98 Å². The van der Waals surface area contributed by atoms with Crippen LogP contribution >= 0.6 is 15.9 Å². The van der Waals surface area contributed by atoms with Crippen molar-refractivity contribution < 1.29 is 18.6 Å². The SMILES string of the molecule is COc1ccnc(COc2ccc(Br)c(F)c2)c1OC. The van der Waals surface area contributed by atoms with Crippen LogP contribution in [0.1, 0.15) is 5.69 Å². The quantitative estimate of drug-likeness (QED) is 0.833. The van der Waals surface area contributed by atoms with Crippen molar-refractivity contribution in [1.82, 2.24) is 4.98 Å². The molecule has 6 heteroatoms. The molecule has 2 rings (SSSR count). The Kier molecular flexibility index (Phi) is 4.79. The van der Waals surface area contributed by atoms with Gasteiger partial charge in [0.25, 0.3) is 0 Å². The minimum absolute atomic E-state index is 0.154. The molecule has 0 atom stereocenters. The number of ether oxygens (including phenoxy) is 3. The van der Waals surface area contributed by atoms with E-state index in [1.54, 1.807) is 31.5 Å².